The molecule has 1 aromatic carbocycles. The third kappa shape index (κ3) is 2.86. The molecular weight excluding hydrogens is 400 g/mol. The van der Waals surface area contributed by atoms with E-state index in [1.807, 2.05) is 32.9 Å². The minimum Gasteiger partial charge on any atom is -0.291 e. The van der Waals surface area contributed by atoms with Gasteiger partial charge in [-0.25, -0.2) is 0 Å². The number of rotatable bonds is 2. The Kier molecular flexibility index (Phi) is 4.32. The molecule has 8 heteroatoms. The lowest BCUT2D eigenvalue weighted by Gasteiger charge is -2.43. The van der Waals surface area contributed by atoms with Crippen molar-refractivity contribution in [1.82, 2.24) is 4.90 Å². The molecule has 0 aliphatic carbocycles. The van der Waals surface area contributed by atoms with E-state index in [-0.39, 0.29) is 37.1 Å². The zero-order valence-electron chi connectivity index (χ0n) is 15.2. The first-order valence-electron chi connectivity index (χ1n) is 8.62. The molecule has 1 fully saturated rings. The van der Waals surface area contributed by atoms with Crippen LogP contribution in [0, 0.1) is 10.1 Å². The van der Waals surface area contributed by atoms with E-state index in [9.17, 15) is 14.4 Å². The molecule has 0 radical (unpaired) electrons. The van der Waals surface area contributed by atoms with Crippen LogP contribution >= 0.6 is 34.9 Å². The molecule has 0 unspecified atom stereocenters. The van der Waals surface area contributed by atoms with Crippen molar-refractivity contribution in [1.29, 1.82) is 0 Å². The van der Waals surface area contributed by atoms with Crippen LogP contribution in [0.3, 0.4) is 0 Å². The number of amides is 3. The third-order valence-electron chi connectivity index (χ3n) is 5.10. The minimum absolute atomic E-state index is 0.181. The zero-order valence-corrected chi connectivity index (χ0v) is 17.6. The van der Waals surface area contributed by atoms with Gasteiger partial charge in [0.25, 0.3) is 0 Å². The smallest absolute Gasteiger partial charge is 0.248 e. The topological polar surface area (TPSA) is 57.7 Å². The zero-order chi connectivity index (χ0) is 19.5. The molecule has 27 heavy (non-hydrogen) atoms. The normalized spacial score (nSPS) is 17.9. The summed E-state index contributed by atoms with van der Waals surface area (Å²) < 4.78 is 0.747. The number of anilines is 1. The summed E-state index contributed by atoms with van der Waals surface area (Å²) in [7, 11) is 0. The van der Waals surface area contributed by atoms with Gasteiger partial charge in [0.05, 0.1) is 10.4 Å². The molecule has 3 heterocycles. The summed E-state index contributed by atoms with van der Waals surface area (Å²) in [6.07, 6.45) is 0.362. The summed E-state index contributed by atoms with van der Waals surface area (Å²) in [6.45, 7) is 5.80. The van der Waals surface area contributed by atoms with Crippen LogP contribution in [0.2, 0.25) is 0 Å². The summed E-state index contributed by atoms with van der Waals surface area (Å²) in [4.78, 5) is 41.0. The van der Waals surface area contributed by atoms with Crippen molar-refractivity contribution in [2.24, 2.45) is 0 Å². The van der Waals surface area contributed by atoms with E-state index in [0.29, 0.717) is 0 Å². The molecule has 140 valence electrons. The van der Waals surface area contributed by atoms with E-state index < -0.39 is 5.54 Å². The molecule has 4 rings (SSSR count). The molecule has 5 nitrogen and oxygen atoms in total. The lowest BCUT2D eigenvalue weighted by atomic mass is 9.84. The van der Waals surface area contributed by atoms with Crippen molar-refractivity contribution in [3.63, 3.8) is 0 Å². The Balaban J connectivity index is 1.82. The SMILES string of the molecule is Cc1ccc2c(c1)-c1sc(=S)sc1N(C(=O)CN1C(=O)CCC1=O)C2(C)C. The average Bonchev–Trinajstić information content (AvgIpc) is 3.11. The molecule has 0 N–H and O–H groups in total. The second-order valence-corrected chi connectivity index (χ2v) is 10.5. The lowest BCUT2D eigenvalue weighted by Crippen LogP contribution is -2.52. The Morgan fingerprint density at radius 1 is 1.19 bits per heavy atom. The number of likely N-dealkylation sites (tertiary alicyclic amines) is 1. The number of carbonyl (C=O) groups is 3. The monoisotopic (exact) mass is 418 g/mol. The highest BCUT2D eigenvalue weighted by molar-refractivity contribution is 7.76. The van der Waals surface area contributed by atoms with Crippen LogP contribution in [0.15, 0.2) is 18.2 Å². The Bertz CT molecular complexity index is 1030. The lowest BCUT2D eigenvalue weighted by molar-refractivity contribution is -0.142. The van der Waals surface area contributed by atoms with Gasteiger partial charge in [-0.15, -0.1) is 11.3 Å². The molecule has 2 aliphatic rings. The van der Waals surface area contributed by atoms with Crippen LogP contribution in [0.1, 0.15) is 37.8 Å². The van der Waals surface area contributed by atoms with E-state index in [2.05, 4.69) is 6.07 Å². The van der Waals surface area contributed by atoms with E-state index >= 15 is 0 Å². The van der Waals surface area contributed by atoms with E-state index in [1.165, 1.54) is 22.7 Å². The first-order chi connectivity index (χ1) is 12.7. The second-order valence-electron chi connectivity index (χ2n) is 7.30. The third-order valence-corrected chi connectivity index (χ3v) is 7.76. The summed E-state index contributed by atoms with van der Waals surface area (Å²) in [6, 6.07) is 6.21. The Labute approximate surface area is 170 Å². The van der Waals surface area contributed by atoms with Crippen LogP contribution in [0.25, 0.3) is 10.4 Å². The van der Waals surface area contributed by atoms with Gasteiger partial charge in [0, 0.05) is 18.4 Å². The molecular formula is C19H18N2O3S3. The summed E-state index contributed by atoms with van der Waals surface area (Å²) in [5.74, 6) is -0.824. The van der Waals surface area contributed by atoms with Gasteiger partial charge in [-0.3, -0.25) is 24.2 Å². The van der Waals surface area contributed by atoms with Crippen LogP contribution < -0.4 is 4.90 Å². The summed E-state index contributed by atoms with van der Waals surface area (Å²) in [5.41, 5.74) is 2.67. The highest BCUT2D eigenvalue weighted by atomic mass is 32.2. The predicted octanol–water partition coefficient (Wildman–Crippen LogP) is 4.25. The van der Waals surface area contributed by atoms with Gasteiger partial charge < -0.3 is 0 Å². The van der Waals surface area contributed by atoms with Crippen molar-refractivity contribution in [2.45, 2.75) is 39.2 Å². The van der Waals surface area contributed by atoms with E-state index in [0.717, 1.165) is 34.6 Å². The number of carbonyl (C=O) groups excluding carboxylic acids is 3. The minimum atomic E-state index is -0.613. The van der Waals surface area contributed by atoms with Gasteiger partial charge in [0.2, 0.25) is 17.7 Å². The molecule has 0 bridgehead atoms. The number of hydrogen-bond donors (Lipinski definition) is 0. The fourth-order valence-electron chi connectivity index (χ4n) is 3.77. The van der Waals surface area contributed by atoms with Crippen molar-refractivity contribution < 1.29 is 14.4 Å². The fraction of sp³-hybridized carbons (Fsp3) is 0.368. The number of hydrogen-bond acceptors (Lipinski definition) is 6. The van der Waals surface area contributed by atoms with Gasteiger partial charge in [-0.2, -0.15) is 0 Å². The first kappa shape index (κ1) is 18.5. The second kappa shape index (κ2) is 6.32. The van der Waals surface area contributed by atoms with Crippen molar-refractivity contribution in [3.05, 3.63) is 32.5 Å². The number of aryl methyl sites for hydroxylation is 1. The number of imide groups is 1. The van der Waals surface area contributed by atoms with Crippen LogP contribution in [-0.2, 0) is 19.9 Å². The van der Waals surface area contributed by atoms with Gasteiger partial charge in [0.1, 0.15) is 14.7 Å². The highest BCUT2D eigenvalue weighted by Crippen LogP contribution is 2.53. The maximum atomic E-state index is 13.3. The molecule has 1 saturated heterocycles. The number of fused-ring (bicyclic) bond motifs is 3. The van der Waals surface area contributed by atoms with Crippen molar-refractivity contribution >= 4 is 57.6 Å². The Morgan fingerprint density at radius 3 is 2.52 bits per heavy atom. The maximum Gasteiger partial charge on any atom is 0.248 e. The molecule has 3 amide bonds. The number of benzene rings is 1. The summed E-state index contributed by atoms with van der Waals surface area (Å²) in [5, 5.41) is 0.803. The molecule has 0 atom stereocenters. The molecule has 1 aromatic heterocycles. The predicted molar refractivity (Wildman–Crippen MR) is 110 cm³/mol. The van der Waals surface area contributed by atoms with Crippen molar-refractivity contribution in [3.8, 4) is 10.4 Å². The average molecular weight is 419 g/mol. The van der Waals surface area contributed by atoms with Crippen molar-refractivity contribution in [2.75, 3.05) is 11.4 Å². The van der Waals surface area contributed by atoms with E-state index in [4.69, 9.17) is 12.2 Å². The highest BCUT2D eigenvalue weighted by Gasteiger charge is 2.44. The van der Waals surface area contributed by atoms with Gasteiger partial charge in [-0.1, -0.05) is 47.3 Å². The van der Waals surface area contributed by atoms with Crippen LogP contribution in [-0.4, -0.2) is 29.2 Å². The van der Waals surface area contributed by atoms with E-state index in [1.54, 1.807) is 4.90 Å². The maximum absolute atomic E-state index is 13.3. The Hall–Kier alpha value is -1.90. The quantitative estimate of drug-likeness (QED) is 0.541. The van der Waals surface area contributed by atoms with Crippen LogP contribution in [0.5, 0.6) is 0 Å². The van der Waals surface area contributed by atoms with Crippen LogP contribution in [0.4, 0.5) is 5.00 Å². The van der Waals surface area contributed by atoms with Gasteiger partial charge in [0.15, 0.2) is 0 Å². The molecule has 2 aliphatic heterocycles. The fourth-order valence-corrected chi connectivity index (χ4v) is 6.57. The summed E-state index contributed by atoms with van der Waals surface area (Å²) >= 11 is 8.33. The molecule has 0 spiro atoms. The van der Waals surface area contributed by atoms with Gasteiger partial charge in [-0.05, 0) is 26.3 Å². The molecule has 2 aromatic rings. The largest absolute Gasteiger partial charge is 0.291 e. The molecule has 0 saturated carbocycles. The Morgan fingerprint density at radius 2 is 1.85 bits per heavy atom. The first-order valence-corrected chi connectivity index (χ1v) is 10.7. The number of nitrogens with zero attached hydrogens (tertiary/aromatic N) is 2. The standard InChI is InChI=1S/C19H18N2O3S3/c1-10-4-5-12-11(8-10)16-17(27-18(25)26-16)21(19(12,2)3)15(24)9-20-13(22)6-7-14(20)23/h4-5,8H,6-7,9H2,1-3H3. The van der Waals surface area contributed by atoms with Gasteiger partial charge >= 0.3 is 0 Å².